The molecule has 4 nitrogen and oxygen atoms in total. The molecule has 3 aromatic rings. The van der Waals surface area contributed by atoms with Crippen molar-refractivity contribution in [3.8, 4) is 5.75 Å². The molecule has 1 N–H and O–H groups in total. The lowest BCUT2D eigenvalue weighted by Crippen LogP contribution is -2.39. The Morgan fingerprint density at radius 3 is 2.47 bits per heavy atom. The van der Waals surface area contributed by atoms with Gasteiger partial charge in [-0.05, 0) is 42.2 Å². The van der Waals surface area contributed by atoms with Crippen molar-refractivity contribution >= 4 is 21.9 Å². The summed E-state index contributed by atoms with van der Waals surface area (Å²) in [5, 5.41) is 9.81. The minimum atomic E-state index is -0.766. The largest absolute Gasteiger partial charge is 0.489 e. The number of hydrogen-bond acceptors (Lipinski definition) is 3. The van der Waals surface area contributed by atoms with Crippen LogP contribution in [-0.4, -0.2) is 28.6 Å². The summed E-state index contributed by atoms with van der Waals surface area (Å²) >= 11 is 3.50. The molecule has 2 unspecified atom stereocenters. The van der Waals surface area contributed by atoms with Crippen molar-refractivity contribution in [2.24, 2.45) is 0 Å². The van der Waals surface area contributed by atoms with E-state index in [4.69, 9.17) is 4.74 Å². The lowest BCUT2D eigenvalue weighted by Gasteiger charge is -2.33. The van der Waals surface area contributed by atoms with Gasteiger partial charge in [0.15, 0.2) is 0 Å². The van der Waals surface area contributed by atoms with Crippen LogP contribution in [0.25, 0.3) is 0 Å². The monoisotopic (exact) mass is 465 g/mol. The molecule has 0 aliphatic carbocycles. The van der Waals surface area contributed by atoms with Crippen LogP contribution >= 0.6 is 15.9 Å². The van der Waals surface area contributed by atoms with Crippen molar-refractivity contribution in [1.82, 2.24) is 4.90 Å². The highest BCUT2D eigenvalue weighted by atomic mass is 79.9. The molecule has 1 aliphatic rings. The van der Waals surface area contributed by atoms with E-state index in [9.17, 15) is 9.90 Å². The SMILES string of the molecule is O=C(O)C1CCCN1C(c1ccc(Br)cc1)c1ccccc1OCc1ccccc1. The molecule has 3 aromatic carbocycles. The van der Waals surface area contributed by atoms with E-state index in [1.54, 1.807) is 0 Å². The van der Waals surface area contributed by atoms with Gasteiger partial charge < -0.3 is 9.84 Å². The molecule has 5 heteroatoms. The fraction of sp³-hybridized carbons (Fsp3) is 0.240. The van der Waals surface area contributed by atoms with Gasteiger partial charge in [-0.2, -0.15) is 0 Å². The molecule has 154 valence electrons. The maximum atomic E-state index is 11.9. The first-order valence-corrected chi connectivity index (χ1v) is 10.9. The Bertz CT molecular complexity index is 991. The summed E-state index contributed by atoms with van der Waals surface area (Å²) in [5.74, 6) is 0.0163. The number of carboxylic acid groups (broad SMARTS) is 1. The summed E-state index contributed by atoms with van der Waals surface area (Å²) in [7, 11) is 0. The van der Waals surface area contributed by atoms with Crippen LogP contribution in [0.2, 0.25) is 0 Å². The number of halogens is 1. The number of benzene rings is 3. The standard InChI is InChI=1S/C25H24BrNO3/c26-20-14-12-19(13-15-20)24(27-16-6-10-22(27)25(28)29)21-9-4-5-11-23(21)30-17-18-7-2-1-3-8-18/h1-5,7-9,11-15,22,24H,6,10,16-17H2,(H,28,29). The molecule has 1 fully saturated rings. The number of nitrogens with zero attached hydrogens (tertiary/aromatic N) is 1. The Balaban J connectivity index is 1.72. The Morgan fingerprint density at radius 2 is 1.73 bits per heavy atom. The van der Waals surface area contributed by atoms with Crippen molar-refractivity contribution < 1.29 is 14.6 Å². The predicted molar refractivity (Wildman–Crippen MR) is 121 cm³/mol. The number of rotatable bonds is 7. The Labute approximate surface area is 185 Å². The minimum Gasteiger partial charge on any atom is -0.489 e. The van der Waals surface area contributed by atoms with Crippen molar-refractivity contribution in [3.63, 3.8) is 0 Å². The smallest absolute Gasteiger partial charge is 0.320 e. The fourth-order valence-electron chi connectivity index (χ4n) is 4.13. The van der Waals surface area contributed by atoms with Crippen LogP contribution in [0, 0.1) is 0 Å². The van der Waals surface area contributed by atoms with E-state index >= 15 is 0 Å². The number of hydrogen-bond donors (Lipinski definition) is 1. The zero-order chi connectivity index (χ0) is 20.9. The van der Waals surface area contributed by atoms with E-state index in [1.807, 2.05) is 66.7 Å². The van der Waals surface area contributed by atoms with Gasteiger partial charge in [0.2, 0.25) is 0 Å². The van der Waals surface area contributed by atoms with Crippen LogP contribution < -0.4 is 4.74 Å². The first kappa shape index (κ1) is 20.6. The molecular weight excluding hydrogens is 442 g/mol. The molecule has 0 amide bonds. The van der Waals surface area contributed by atoms with Gasteiger partial charge >= 0.3 is 5.97 Å². The van der Waals surface area contributed by atoms with Gasteiger partial charge in [-0.3, -0.25) is 9.69 Å². The molecule has 0 radical (unpaired) electrons. The van der Waals surface area contributed by atoms with Gasteiger partial charge in [-0.15, -0.1) is 0 Å². The third-order valence-electron chi connectivity index (χ3n) is 5.55. The van der Waals surface area contributed by atoms with E-state index in [0.717, 1.165) is 39.9 Å². The molecular formula is C25H24BrNO3. The third kappa shape index (κ3) is 4.58. The number of para-hydroxylation sites is 1. The first-order chi connectivity index (χ1) is 14.6. The van der Waals surface area contributed by atoms with Crippen LogP contribution in [0.15, 0.2) is 83.3 Å². The van der Waals surface area contributed by atoms with E-state index in [1.165, 1.54) is 0 Å². The second-order valence-electron chi connectivity index (χ2n) is 7.50. The van der Waals surface area contributed by atoms with Crippen LogP contribution in [0.1, 0.15) is 35.6 Å². The van der Waals surface area contributed by atoms with Gasteiger partial charge in [-0.25, -0.2) is 0 Å². The summed E-state index contributed by atoms with van der Waals surface area (Å²) < 4.78 is 7.22. The number of aliphatic carboxylic acids is 1. The van der Waals surface area contributed by atoms with Crippen molar-refractivity contribution in [2.45, 2.75) is 31.5 Å². The van der Waals surface area contributed by atoms with Gasteiger partial charge in [0.25, 0.3) is 0 Å². The zero-order valence-electron chi connectivity index (χ0n) is 16.6. The highest BCUT2D eigenvalue weighted by Gasteiger charge is 2.37. The summed E-state index contributed by atoms with van der Waals surface area (Å²) in [6.07, 6.45) is 1.53. The summed E-state index contributed by atoms with van der Waals surface area (Å²) in [6, 6.07) is 25.4. The maximum Gasteiger partial charge on any atom is 0.320 e. The molecule has 2 atom stereocenters. The summed E-state index contributed by atoms with van der Waals surface area (Å²) in [4.78, 5) is 14.0. The molecule has 1 aliphatic heterocycles. The predicted octanol–water partition coefficient (Wildman–Crippen LogP) is 5.67. The third-order valence-corrected chi connectivity index (χ3v) is 6.08. The molecule has 4 rings (SSSR count). The quantitative estimate of drug-likeness (QED) is 0.488. The first-order valence-electron chi connectivity index (χ1n) is 10.1. The lowest BCUT2D eigenvalue weighted by molar-refractivity contribution is -0.142. The highest BCUT2D eigenvalue weighted by molar-refractivity contribution is 9.10. The normalized spacial score (nSPS) is 17.6. The van der Waals surface area contributed by atoms with E-state index in [2.05, 4.69) is 33.0 Å². The summed E-state index contributed by atoms with van der Waals surface area (Å²) in [6.45, 7) is 1.21. The topological polar surface area (TPSA) is 49.8 Å². The van der Waals surface area contributed by atoms with E-state index in [-0.39, 0.29) is 6.04 Å². The molecule has 0 bridgehead atoms. The van der Waals surface area contributed by atoms with Gasteiger partial charge in [0.05, 0.1) is 6.04 Å². The maximum absolute atomic E-state index is 11.9. The van der Waals surface area contributed by atoms with Crippen LogP contribution in [-0.2, 0) is 11.4 Å². The second-order valence-corrected chi connectivity index (χ2v) is 8.42. The molecule has 1 heterocycles. The zero-order valence-corrected chi connectivity index (χ0v) is 18.2. The van der Waals surface area contributed by atoms with Gasteiger partial charge in [-0.1, -0.05) is 76.6 Å². The van der Waals surface area contributed by atoms with Crippen molar-refractivity contribution in [2.75, 3.05) is 6.54 Å². The van der Waals surface area contributed by atoms with Gasteiger partial charge in [0, 0.05) is 16.6 Å². The van der Waals surface area contributed by atoms with E-state index in [0.29, 0.717) is 13.0 Å². The van der Waals surface area contributed by atoms with Crippen molar-refractivity contribution in [3.05, 3.63) is 100 Å². The second kappa shape index (κ2) is 9.45. The van der Waals surface area contributed by atoms with Crippen LogP contribution in [0.4, 0.5) is 0 Å². The average molecular weight is 466 g/mol. The highest BCUT2D eigenvalue weighted by Crippen LogP contribution is 2.39. The molecule has 0 saturated carbocycles. The minimum absolute atomic E-state index is 0.186. The lowest BCUT2D eigenvalue weighted by atomic mass is 9.95. The number of likely N-dealkylation sites (tertiary alicyclic amines) is 1. The molecule has 30 heavy (non-hydrogen) atoms. The van der Waals surface area contributed by atoms with Crippen molar-refractivity contribution in [1.29, 1.82) is 0 Å². The Morgan fingerprint density at radius 1 is 1.03 bits per heavy atom. The van der Waals surface area contributed by atoms with E-state index < -0.39 is 12.0 Å². The Hall–Kier alpha value is -2.63. The average Bonchev–Trinajstić information content (AvgIpc) is 3.25. The molecule has 1 saturated heterocycles. The van der Waals surface area contributed by atoms with Crippen LogP contribution in [0.5, 0.6) is 5.75 Å². The number of carboxylic acids is 1. The van der Waals surface area contributed by atoms with Crippen LogP contribution in [0.3, 0.4) is 0 Å². The summed E-state index contributed by atoms with van der Waals surface area (Å²) in [5.41, 5.74) is 3.14. The number of ether oxygens (including phenoxy) is 1. The Kier molecular flexibility index (Phi) is 6.50. The molecule has 0 aromatic heterocycles. The van der Waals surface area contributed by atoms with Gasteiger partial charge in [0.1, 0.15) is 18.4 Å². The number of carbonyl (C=O) groups is 1. The fourth-order valence-corrected chi connectivity index (χ4v) is 4.40. The molecule has 0 spiro atoms.